The number of benzene rings is 1. The average Bonchev–Trinajstić information content (AvgIpc) is 2.64. The molecule has 0 saturated carbocycles. The van der Waals surface area contributed by atoms with Crippen molar-refractivity contribution in [1.82, 2.24) is 0 Å². The predicted octanol–water partition coefficient (Wildman–Crippen LogP) is 2.42. The molecule has 0 aromatic heterocycles. The largest absolute Gasteiger partial charge is 0.493 e. The minimum absolute atomic E-state index is 0.223. The molecule has 5 heteroatoms. The first kappa shape index (κ1) is 20.3. The minimum Gasteiger partial charge on any atom is -0.493 e. The lowest BCUT2D eigenvalue weighted by molar-refractivity contribution is 0.0917. The summed E-state index contributed by atoms with van der Waals surface area (Å²) in [4.78, 5) is 0. The van der Waals surface area contributed by atoms with Gasteiger partial charge in [-0.2, -0.15) is 0 Å². The van der Waals surface area contributed by atoms with Crippen molar-refractivity contribution < 1.29 is 23.7 Å². The highest BCUT2D eigenvalue weighted by atomic mass is 16.5. The highest BCUT2D eigenvalue weighted by Crippen LogP contribution is 2.43. The Morgan fingerprint density at radius 1 is 0.960 bits per heavy atom. The summed E-state index contributed by atoms with van der Waals surface area (Å²) in [7, 11) is 4.59. The lowest BCUT2D eigenvalue weighted by Gasteiger charge is -2.20. The molecule has 0 aliphatic carbocycles. The first-order valence-electron chi connectivity index (χ1n) is 7.52. The van der Waals surface area contributed by atoms with Gasteiger partial charge in [-0.3, -0.25) is 0 Å². The summed E-state index contributed by atoms with van der Waals surface area (Å²) >= 11 is 0. The van der Waals surface area contributed by atoms with Gasteiger partial charge in [-0.05, 0) is 13.0 Å². The van der Waals surface area contributed by atoms with Crippen molar-refractivity contribution in [3.05, 3.63) is 17.2 Å². The third-order valence-electron chi connectivity index (χ3n) is 3.33. The molecule has 1 aromatic carbocycles. The van der Waals surface area contributed by atoms with E-state index in [0.29, 0.717) is 22.8 Å². The van der Waals surface area contributed by atoms with Gasteiger partial charge in [0.1, 0.15) is 19.8 Å². The van der Waals surface area contributed by atoms with Crippen LogP contribution >= 0.6 is 0 Å². The van der Waals surface area contributed by atoms with E-state index in [4.69, 9.17) is 36.5 Å². The van der Waals surface area contributed by atoms with Crippen LogP contribution in [0.15, 0.2) is 6.07 Å². The summed E-state index contributed by atoms with van der Waals surface area (Å²) in [5, 5.41) is 0. The Labute approximate surface area is 149 Å². The second kappa shape index (κ2) is 10.9. The van der Waals surface area contributed by atoms with Crippen LogP contribution in [-0.4, -0.2) is 41.2 Å². The van der Waals surface area contributed by atoms with Gasteiger partial charge in [-0.25, -0.2) is 0 Å². The normalized spacial score (nSPS) is 10.6. The predicted molar refractivity (Wildman–Crippen MR) is 95.8 cm³/mol. The fourth-order valence-corrected chi connectivity index (χ4v) is 2.16. The second-order valence-corrected chi connectivity index (χ2v) is 4.76. The molecule has 0 saturated heterocycles. The molecule has 0 amide bonds. The summed E-state index contributed by atoms with van der Waals surface area (Å²) in [6.07, 6.45) is 10.4. The zero-order chi connectivity index (χ0) is 18.7. The fraction of sp³-hybridized carbons (Fsp3) is 0.400. The Bertz CT molecular complexity index is 713. The third-order valence-corrected chi connectivity index (χ3v) is 3.33. The van der Waals surface area contributed by atoms with E-state index in [1.54, 1.807) is 13.2 Å². The van der Waals surface area contributed by atoms with Gasteiger partial charge in [0.2, 0.25) is 5.75 Å². The first-order chi connectivity index (χ1) is 12.1. The van der Waals surface area contributed by atoms with Crippen molar-refractivity contribution in [2.24, 2.45) is 0 Å². The fourth-order valence-electron chi connectivity index (χ4n) is 2.16. The zero-order valence-electron chi connectivity index (χ0n) is 15.0. The molecule has 0 heterocycles. The van der Waals surface area contributed by atoms with E-state index < -0.39 is 0 Å². The van der Waals surface area contributed by atoms with E-state index in [1.165, 1.54) is 14.2 Å². The van der Waals surface area contributed by atoms with E-state index >= 15 is 0 Å². The number of rotatable bonds is 8. The number of ether oxygens (including phenoxy) is 5. The molecule has 0 fully saturated rings. The Morgan fingerprint density at radius 2 is 1.64 bits per heavy atom. The maximum atomic E-state index is 5.73. The van der Waals surface area contributed by atoms with Crippen LogP contribution in [0.2, 0.25) is 0 Å². The highest BCUT2D eigenvalue weighted by molar-refractivity contribution is 5.64. The molecular weight excluding hydrogens is 320 g/mol. The quantitative estimate of drug-likeness (QED) is 0.536. The van der Waals surface area contributed by atoms with Crippen LogP contribution in [0, 0.1) is 36.5 Å². The summed E-state index contributed by atoms with van der Waals surface area (Å²) in [6, 6.07) is 1.78. The van der Waals surface area contributed by atoms with Gasteiger partial charge >= 0.3 is 0 Å². The number of hydrogen-bond donors (Lipinski definition) is 0. The molecule has 1 atom stereocenters. The van der Waals surface area contributed by atoms with E-state index in [9.17, 15) is 0 Å². The van der Waals surface area contributed by atoms with Gasteiger partial charge in [-0.15, -0.1) is 12.8 Å². The molecule has 25 heavy (non-hydrogen) atoms. The first-order valence-corrected chi connectivity index (χ1v) is 7.52. The van der Waals surface area contributed by atoms with Gasteiger partial charge in [0.25, 0.3) is 0 Å². The summed E-state index contributed by atoms with van der Waals surface area (Å²) in [6.45, 7) is 2.60. The van der Waals surface area contributed by atoms with E-state index in [-0.39, 0.29) is 25.9 Å². The SMILES string of the molecule is C#CCOCC#CCOC(C)c1cc(OC)c(OC)c(OC)c1C#C. The number of terminal acetylenes is 2. The van der Waals surface area contributed by atoms with E-state index in [2.05, 4.69) is 23.7 Å². The van der Waals surface area contributed by atoms with Crippen molar-refractivity contribution >= 4 is 0 Å². The van der Waals surface area contributed by atoms with Crippen LogP contribution in [0.1, 0.15) is 24.2 Å². The van der Waals surface area contributed by atoms with Crippen molar-refractivity contribution in [2.75, 3.05) is 41.2 Å². The second-order valence-electron chi connectivity index (χ2n) is 4.76. The molecule has 0 N–H and O–H groups in total. The Kier molecular flexibility index (Phi) is 8.83. The Hall–Kier alpha value is -2.78. The molecule has 0 aliphatic rings. The van der Waals surface area contributed by atoms with Gasteiger partial charge in [0.15, 0.2) is 11.5 Å². The Balaban J connectivity index is 2.96. The maximum absolute atomic E-state index is 5.73. The van der Waals surface area contributed by atoms with Crippen LogP contribution in [-0.2, 0) is 9.47 Å². The van der Waals surface area contributed by atoms with Crippen molar-refractivity contribution in [1.29, 1.82) is 0 Å². The van der Waals surface area contributed by atoms with Crippen LogP contribution in [0.25, 0.3) is 0 Å². The van der Waals surface area contributed by atoms with Gasteiger partial charge < -0.3 is 23.7 Å². The molecule has 132 valence electrons. The molecular formula is C20H22O5. The summed E-state index contributed by atoms with van der Waals surface area (Å²) in [5.74, 6) is 12.1. The molecule has 0 bridgehead atoms. The number of methoxy groups -OCH3 is 3. The average molecular weight is 342 g/mol. The smallest absolute Gasteiger partial charge is 0.204 e. The van der Waals surface area contributed by atoms with Crippen molar-refractivity contribution in [3.8, 4) is 53.8 Å². The van der Waals surface area contributed by atoms with E-state index in [1.807, 2.05) is 6.92 Å². The lowest BCUT2D eigenvalue weighted by atomic mass is 10.0. The molecule has 0 spiro atoms. The van der Waals surface area contributed by atoms with Gasteiger partial charge in [0.05, 0.1) is 33.0 Å². The minimum atomic E-state index is -0.319. The number of hydrogen-bond acceptors (Lipinski definition) is 5. The van der Waals surface area contributed by atoms with E-state index in [0.717, 1.165) is 5.56 Å². The zero-order valence-corrected chi connectivity index (χ0v) is 15.0. The van der Waals surface area contributed by atoms with Crippen LogP contribution in [0.4, 0.5) is 0 Å². The maximum Gasteiger partial charge on any atom is 0.204 e. The molecule has 0 aliphatic heterocycles. The van der Waals surface area contributed by atoms with Crippen LogP contribution in [0.5, 0.6) is 17.2 Å². The van der Waals surface area contributed by atoms with Crippen molar-refractivity contribution in [2.45, 2.75) is 13.0 Å². The summed E-state index contributed by atoms with van der Waals surface area (Å²) in [5.41, 5.74) is 1.31. The van der Waals surface area contributed by atoms with Gasteiger partial charge in [0, 0.05) is 5.56 Å². The van der Waals surface area contributed by atoms with Gasteiger partial charge in [-0.1, -0.05) is 23.7 Å². The Morgan fingerprint density at radius 3 is 2.20 bits per heavy atom. The molecule has 1 unspecified atom stereocenters. The monoisotopic (exact) mass is 342 g/mol. The lowest BCUT2D eigenvalue weighted by Crippen LogP contribution is -2.07. The highest BCUT2D eigenvalue weighted by Gasteiger charge is 2.22. The van der Waals surface area contributed by atoms with Crippen LogP contribution < -0.4 is 14.2 Å². The molecule has 5 nitrogen and oxygen atoms in total. The molecule has 1 rings (SSSR count). The topological polar surface area (TPSA) is 46.2 Å². The molecule has 1 aromatic rings. The van der Waals surface area contributed by atoms with Crippen LogP contribution in [0.3, 0.4) is 0 Å². The summed E-state index contributed by atoms with van der Waals surface area (Å²) < 4.78 is 26.9. The molecule has 0 radical (unpaired) electrons. The third kappa shape index (κ3) is 5.37. The van der Waals surface area contributed by atoms with Crippen molar-refractivity contribution in [3.63, 3.8) is 0 Å². The standard InChI is InChI=1S/C20H22O5/c1-7-11-24-12-9-10-13-25-15(3)17-14-18(21-4)20(23-6)19(22-5)16(17)8-2/h1-2,14-15H,11-13H2,3-6H3.